The summed E-state index contributed by atoms with van der Waals surface area (Å²) in [6.45, 7) is 6.25. The molecule has 21 heavy (non-hydrogen) atoms. The molecule has 118 valence electrons. The molecule has 1 aromatic rings. The van der Waals surface area contributed by atoms with Crippen LogP contribution in [-0.2, 0) is 10.0 Å². The molecule has 3 atom stereocenters. The molecule has 0 amide bonds. The zero-order valence-electron chi connectivity index (χ0n) is 12.5. The van der Waals surface area contributed by atoms with E-state index in [-0.39, 0.29) is 6.04 Å². The van der Waals surface area contributed by atoms with E-state index >= 15 is 0 Å². The average Bonchev–Trinajstić information content (AvgIpc) is 2.74. The zero-order chi connectivity index (χ0) is 15.8. The molecule has 2 rings (SSSR count). The van der Waals surface area contributed by atoms with E-state index in [2.05, 4.69) is 50.4 Å². The van der Waals surface area contributed by atoms with E-state index in [1.54, 1.807) is 6.07 Å². The molecule has 3 nitrogen and oxygen atoms in total. The number of benzene rings is 1. The van der Waals surface area contributed by atoms with Crippen LogP contribution in [0.2, 0.25) is 0 Å². The molecule has 1 aliphatic rings. The van der Waals surface area contributed by atoms with Gasteiger partial charge in [0.1, 0.15) is 0 Å². The molecule has 6 heteroatoms. The van der Waals surface area contributed by atoms with Gasteiger partial charge in [0.2, 0.25) is 10.0 Å². The Bertz CT molecular complexity index is 631. The monoisotopic (exact) mass is 437 g/mol. The summed E-state index contributed by atoms with van der Waals surface area (Å²) in [4.78, 5) is 0.298. The molecule has 1 aliphatic carbocycles. The van der Waals surface area contributed by atoms with Crippen molar-refractivity contribution in [1.82, 2.24) is 4.72 Å². The Kier molecular flexibility index (Phi) is 5.55. The highest BCUT2D eigenvalue weighted by atomic mass is 79.9. The van der Waals surface area contributed by atoms with E-state index in [1.807, 2.05) is 13.0 Å². The Hall–Kier alpha value is 0.0900. The molecule has 1 N–H and O–H groups in total. The van der Waals surface area contributed by atoms with Gasteiger partial charge in [0.05, 0.1) is 4.90 Å². The highest BCUT2D eigenvalue weighted by Gasteiger charge is 2.35. The van der Waals surface area contributed by atoms with Gasteiger partial charge in [0.25, 0.3) is 0 Å². The first-order valence-electron chi connectivity index (χ1n) is 7.24. The maximum Gasteiger partial charge on any atom is 0.241 e. The van der Waals surface area contributed by atoms with Gasteiger partial charge in [0.15, 0.2) is 0 Å². The third-order valence-electron chi connectivity index (χ3n) is 4.56. The van der Waals surface area contributed by atoms with Crippen LogP contribution in [0.3, 0.4) is 0 Å². The van der Waals surface area contributed by atoms with Gasteiger partial charge >= 0.3 is 0 Å². The largest absolute Gasteiger partial charge is 0.241 e. The van der Waals surface area contributed by atoms with Crippen molar-refractivity contribution >= 4 is 41.9 Å². The standard InChI is InChI=1S/C15H21Br2NO2S/c1-4-11-5-6-14(10(11)3)18-21(19,20)15-8-12(16)9(2)7-13(15)17/h7-8,10-11,14,18H,4-6H2,1-3H3. The highest BCUT2D eigenvalue weighted by molar-refractivity contribution is 9.11. The molecule has 0 aromatic heterocycles. The highest BCUT2D eigenvalue weighted by Crippen LogP contribution is 2.35. The van der Waals surface area contributed by atoms with Crippen LogP contribution in [0, 0.1) is 18.8 Å². The number of sulfonamides is 1. The maximum absolute atomic E-state index is 12.7. The molecule has 0 saturated heterocycles. The number of nitrogens with one attached hydrogen (secondary N) is 1. The van der Waals surface area contributed by atoms with Crippen LogP contribution < -0.4 is 4.72 Å². The fourth-order valence-electron chi connectivity index (χ4n) is 3.09. The van der Waals surface area contributed by atoms with Crippen LogP contribution in [0.5, 0.6) is 0 Å². The van der Waals surface area contributed by atoms with Crippen molar-refractivity contribution in [2.75, 3.05) is 0 Å². The number of aryl methyl sites for hydroxylation is 1. The molecule has 0 bridgehead atoms. The van der Waals surface area contributed by atoms with Crippen LogP contribution in [0.1, 0.15) is 38.7 Å². The topological polar surface area (TPSA) is 46.2 Å². The molecule has 0 heterocycles. The van der Waals surface area contributed by atoms with Crippen molar-refractivity contribution in [1.29, 1.82) is 0 Å². The summed E-state index contributed by atoms with van der Waals surface area (Å²) in [7, 11) is -3.51. The molecule has 0 spiro atoms. The molecular formula is C15H21Br2NO2S. The SMILES string of the molecule is CCC1CCC(NS(=O)(=O)c2cc(Br)c(C)cc2Br)C1C. The van der Waals surface area contributed by atoms with Crippen molar-refractivity contribution in [3.63, 3.8) is 0 Å². The molecule has 0 radical (unpaired) electrons. The maximum atomic E-state index is 12.7. The van der Waals surface area contributed by atoms with Gasteiger partial charge < -0.3 is 0 Å². The Morgan fingerprint density at radius 1 is 1.24 bits per heavy atom. The Labute approximate surface area is 144 Å². The fraction of sp³-hybridized carbons (Fsp3) is 0.600. The summed E-state index contributed by atoms with van der Waals surface area (Å²) in [5.41, 5.74) is 1.00. The van der Waals surface area contributed by atoms with E-state index < -0.39 is 10.0 Å². The quantitative estimate of drug-likeness (QED) is 0.745. The van der Waals surface area contributed by atoms with E-state index in [1.165, 1.54) is 0 Å². The summed E-state index contributed by atoms with van der Waals surface area (Å²) >= 11 is 6.77. The molecule has 1 fully saturated rings. The smallest absolute Gasteiger partial charge is 0.208 e. The van der Waals surface area contributed by atoms with Gasteiger partial charge in [-0.2, -0.15) is 0 Å². The van der Waals surface area contributed by atoms with Crippen molar-refractivity contribution in [3.05, 3.63) is 26.6 Å². The Morgan fingerprint density at radius 2 is 1.90 bits per heavy atom. The van der Waals surface area contributed by atoms with Crippen molar-refractivity contribution < 1.29 is 8.42 Å². The Balaban J connectivity index is 2.26. The average molecular weight is 439 g/mol. The van der Waals surface area contributed by atoms with Gasteiger partial charge in [0, 0.05) is 15.0 Å². The van der Waals surface area contributed by atoms with E-state index in [9.17, 15) is 8.42 Å². The summed E-state index contributed by atoms with van der Waals surface area (Å²) in [6.07, 6.45) is 3.13. The molecule has 0 aliphatic heterocycles. The lowest BCUT2D eigenvalue weighted by Crippen LogP contribution is -2.37. The number of halogens is 2. The second-order valence-electron chi connectivity index (χ2n) is 5.86. The first-order valence-corrected chi connectivity index (χ1v) is 10.3. The summed E-state index contributed by atoms with van der Waals surface area (Å²) in [5, 5.41) is 0. The van der Waals surface area contributed by atoms with E-state index in [4.69, 9.17) is 0 Å². The minimum atomic E-state index is -3.51. The lowest BCUT2D eigenvalue weighted by atomic mass is 9.94. The minimum Gasteiger partial charge on any atom is -0.208 e. The number of hydrogen-bond donors (Lipinski definition) is 1. The molecule has 3 unspecified atom stereocenters. The van der Waals surface area contributed by atoms with Crippen molar-refractivity contribution in [3.8, 4) is 0 Å². The normalized spacial score (nSPS) is 26.2. The summed E-state index contributed by atoms with van der Waals surface area (Å²) < 4.78 is 29.6. The van der Waals surface area contributed by atoms with Gasteiger partial charge in [-0.05, 0) is 65.2 Å². The predicted molar refractivity (Wildman–Crippen MR) is 92.9 cm³/mol. The van der Waals surface area contributed by atoms with Gasteiger partial charge in [-0.1, -0.05) is 36.2 Å². The van der Waals surface area contributed by atoms with Crippen LogP contribution >= 0.6 is 31.9 Å². The molecule has 1 aromatic carbocycles. The van der Waals surface area contributed by atoms with Crippen LogP contribution in [-0.4, -0.2) is 14.5 Å². The first-order chi connectivity index (χ1) is 9.76. The number of hydrogen-bond acceptors (Lipinski definition) is 2. The van der Waals surface area contributed by atoms with Gasteiger partial charge in [-0.15, -0.1) is 0 Å². The minimum absolute atomic E-state index is 0.0342. The molecule has 1 saturated carbocycles. The number of rotatable bonds is 4. The van der Waals surface area contributed by atoms with E-state index in [0.29, 0.717) is 21.2 Å². The molecular weight excluding hydrogens is 418 g/mol. The second kappa shape index (κ2) is 6.69. The third-order valence-corrected chi connectivity index (χ3v) is 7.86. The summed E-state index contributed by atoms with van der Waals surface area (Å²) in [5.74, 6) is 1.00. The Morgan fingerprint density at radius 3 is 2.48 bits per heavy atom. The van der Waals surface area contributed by atoms with Crippen molar-refractivity contribution in [2.45, 2.75) is 51.0 Å². The predicted octanol–water partition coefficient (Wildman–Crippen LogP) is 4.62. The third kappa shape index (κ3) is 3.71. The zero-order valence-corrected chi connectivity index (χ0v) is 16.5. The van der Waals surface area contributed by atoms with Gasteiger partial charge in [-0.3, -0.25) is 0 Å². The summed E-state index contributed by atoms with van der Waals surface area (Å²) in [6, 6.07) is 3.52. The van der Waals surface area contributed by atoms with Crippen molar-refractivity contribution in [2.24, 2.45) is 11.8 Å². The second-order valence-corrected chi connectivity index (χ2v) is 9.26. The fourth-order valence-corrected chi connectivity index (χ4v) is 6.13. The lowest BCUT2D eigenvalue weighted by Gasteiger charge is -2.21. The van der Waals surface area contributed by atoms with Crippen LogP contribution in [0.15, 0.2) is 26.0 Å². The van der Waals surface area contributed by atoms with Crippen LogP contribution in [0.25, 0.3) is 0 Å². The van der Waals surface area contributed by atoms with Gasteiger partial charge in [-0.25, -0.2) is 13.1 Å². The van der Waals surface area contributed by atoms with E-state index in [0.717, 1.165) is 29.3 Å². The first kappa shape index (κ1) is 17.4. The van der Waals surface area contributed by atoms with Crippen LogP contribution in [0.4, 0.5) is 0 Å². The lowest BCUT2D eigenvalue weighted by molar-refractivity contribution is 0.368.